The normalized spacial score (nSPS) is 32.5. The molecule has 1 unspecified atom stereocenters. The zero-order valence-electron chi connectivity index (χ0n) is 9.08. The van der Waals surface area contributed by atoms with Crippen LogP contribution in [0.3, 0.4) is 0 Å². The molecule has 16 heavy (non-hydrogen) atoms. The van der Waals surface area contributed by atoms with E-state index < -0.39 is 26.7 Å². The summed E-state index contributed by atoms with van der Waals surface area (Å²) in [5.41, 5.74) is -1.05. The SMILES string of the molecule is CC(C)N1CC2(C1)CS(=O)(=O)C2C(F)(F)F. The lowest BCUT2D eigenvalue weighted by Gasteiger charge is -2.60. The molecule has 2 heterocycles. The summed E-state index contributed by atoms with van der Waals surface area (Å²) < 4.78 is 60.4. The van der Waals surface area contributed by atoms with Gasteiger partial charge in [-0.25, -0.2) is 8.42 Å². The van der Waals surface area contributed by atoms with Crippen molar-refractivity contribution in [3.63, 3.8) is 0 Å². The van der Waals surface area contributed by atoms with Crippen LogP contribution in [0.5, 0.6) is 0 Å². The Morgan fingerprint density at radius 1 is 1.31 bits per heavy atom. The minimum absolute atomic E-state index is 0.169. The van der Waals surface area contributed by atoms with Gasteiger partial charge in [0.15, 0.2) is 15.1 Å². The monoisotopic (exact) mass is 257 g/mol. The van der Waals surface area contributed by atoms with E-state index in [9.17, 15) is 21.6 Å². The Labute approximate surface area is 92.5 Å². The summed E-state index contributed by atoms with van der Waals surface area (Å²) in [5, 5.41) is -2.14. The molecule has 0 amide bonds. The van der Waals surface area contributed by atoms with Crippen LogP contribution in [0.4, 0.5) is 13.2 Å². The van der Waals surface area contributed by atoms with Gasteiger partial charge in [0.2, 0.25) is 0 Å². The van der Waals surface area contributed by atoms with E-state index >= 15 is 0 Å². The summed E-state index contributed by atoms with van der Waals surface area (Å²) in [6, 6.07) is 0.169. The summed E-state index contributed by atoms with van der Waals surface area (Å²) in [5.74, 6) is -0.312. The van der Waals surface area contributed by atoms with E-state index in [1.807, 2.05) is 18.7 Å². The van der Waals surface area contributed by atoms with E-state index in [1.165, 1.54) is 0 Å². The number of rotatable bonds is 1. The number of likely N-dealkylation sites (tertiary alicyclic amines) is 1. The number of alkyl halides is 3. The molecule has 2 fully saturated rings. The molecule has 7 heteroatoms. The van der Waals surface area contributed by atoms with Crippen molar-refractivity contribution in [3.8, 4) is 0 Å². The molecule has 1 atom stereocenters. The van der Waals surface area contributed by atoms with Gasteiger partial charge in [-0.2, -0.15) is 13.2 Å². The standard InChI is InChI=1S/C9H14F3NO2S/c1-6(2)13-3-8(4-13)5-16(14,15)7(8)9(10,11)12/h6-7H,3-5H2,1-2H3. The van der Waals surface area contributed by atoms with Gasteiger partial charge in [0, 0.05) is 24.5 Å². The predicted octanol–water partition coefficient (Wildman–Crippen LogP) is 1.06. The Bertz CT molecular complexity index is 395. The van der Waals surface area contributed by atoms with Crippen molar-refractivity contribution < 1.29 is 21.6 Å². The second kappa shape index (κ2) is 3.13. The van der Waals surface area contributed by atoms with Gasteiger partial charge in [0.25, 0.3) is 0 Å². The predicted molar refractivity (Wildman–Crippen MR) is 52.8 cm³/mol. The summed E-state index contributed by atoms with van der Waals surface area (Å²) >= 11 is 0. The van der Waals surface area contributed by atoms with Gasteiger partial charge in [0.05, 0.1) is 5.75 Å². The first-order valence-electron chi connectivity index (χ1n) is 5.11. The first-order chi connectivity index (χ1) is 7.08. The highest BCUT2D eigenvalue weighted by molar-refractivity contribution is 7.93. The van der Waals surface area contributed by atoms with E-state index in [1.54, 1.807) is 0 Å². The van der Waals surface area contributed by atoms with Gasteiger partial charge < -0.3 is 0 Å². The lowest BCUT2D eigenvalue weighted by molar-refractivity contribution is -0.181. The molecule has 0 bridgehead atoms. The maximum atomic E-state index is 12.6. The fourth-order valence-corrected chi connectivity index (χ4v) is 5.20. The van der Waals surface area contributed by atoms with Crippen LogP contribution >= 0.6 is 0 Å². The molecule has 0 aromatic rings. The van der Waals surface area contributed by atoms with Gasteiger partial charge >= 0.3 is 6.18 Å². The summed E-state index contributed by atoms with van der Waals surface area (Å²) in [6.45, 7) is 4.27. The quantitative estimate of drug-likeness (QED) is 0.705. The average Bonchev–Trinajstić information content (AvgIpc) is 1.90. The molecular weight excluding hydrogens is 243 g/mol. The number of nitrogens with zero attached hydrogens (tertiary/aromatic N) is 1. The Hall–Kier alpha value is -0.300. The van der Waals surface area contributed by atoms with E-state index in [-0.39, 0.29) is 24.9 Å². The van der Waals surface area contributed by atoms with Crippen LogP contribution in [-0.4, -0.2) is 49.6 Å². The number of hydrogen-bond acceptors (Lipinski definition) is 3. The molecule has 94 valence electrons. The van der Waals surface area contributed by atoms with Crippen molar-refractivity contribution in [2.24, 2.45) is 5.41 Å². The van der Waals surface area contributed by atoms with Crippen molar-refractivity contribution >= 4 is 9.84 Å². The Kier molecular flexibility index (Phi) is 2.38. The third-order valence-electron chi connectivity index (χ3n) is 3.47. The van der Waals surface area contributed by atoms with E-state index in [4.69, 9.17) is 0 Å². The zero-order valence-corrected chi connectivity index (χ0v) is 9.90. The second-order valence-corrected chi connectivity index (χ2v) is 7.18. The lowest BCUT2D eigenvalue weighted by Crippen LogP contribution is -2.77. The van der Waals surface area contributed by atoms with Crippen LogP contribution in [0, 0.1) is 5.41 Å². The van der Waals surface area contributed by atoms with Crippen molar-refractivity contribution in [2.75, 3.05) is 18.8 Å². The molecule has 0 aromatic carbocycles. The van der Waals surface area contributed by atoms with Crippen LogP contribution in [-0.2, 0) is 9.84 Å². The van der Waals surface area contributed by atoms with E-state index in [2.05, 4.69) is 0 Å². The van der Waals surface area contributed by atoms with Crippen LogP contribution in [0.2, 0.25) is 0 Å². The zero-order chi connectivity index (χ0) is 12.4. The molecule has 0 aromatic heterocycles. The third-order valence-corrected chi connectivity index (χ3v) is 5.93. The van der Waals surface area contributed by atoms with Gasteiger partial charge in [0.1, 0.15) is 0 Å². The summed E-state index contributed by atoms with van der Waals surface area (Å²) in [7, 11) is -3.95. The molecule has 2 aliphatic rings. The van der Waals surface area contributed by atoms with Crippen LogP contribution < -0.4 is 0 Å². The number of halogens is 3. The van der Waals surface area contributed by atoms with Gasteiger partial charge in [-0.1, -0.05) is 0 Å². The van der Waals surface area contributed by atoms with Crippen molar-refractivity contribution in [1.82, 2.24) is 4.90 Å². The minimum Gasteiger partial charge on any atom is -0.300 e. The highest BCUT2D eigenvalue weighted by atomic mass is 32.2. The van der Waals surface area contributed by atoms with Crippen molar-refractivity contribution in [1.29, 1.82) is 0 Å². The average molecular weight is 257 g/mol. The fourth-order valence-electron chi connectivity index (χ4n) is 2.78. The minimum atomic E-state index is -4.62. The first kappa shape index (κ1) is 12.2. The summed E-state index contributed by atoms with van der Waals surface area (Å²) in [6.07, 6.45) is -4.62. The van der Waals surface area contributed by atoms with Crippen molar-refractivity contribution in [3.05, 3.63) is 0 Å². The third kappa shape index (κ3) is 1.55. The molecule has 0 N–H and O–H groups in total. The lowest BCUT2D eigenvalue weighted by atomic mass is 9.76. The maximum Gasteiger partial charge on any atom is 0.406 e. The molecule has 2 aliphatic heterocycles. The molecular formula is C9H14F3NO2S. The largest absolute Gasteiger partial charge is 0.406 e. The number of hydrogen-bond donors (Lipinski definition) is 0. The van der Waals surface area contributed by atoms with Crippen LogP contribution in [0.25, 0.3) is 0 Å². The molecule has 1 spiro atoms. The Morgan fingerprint density at radius 2 is 1.81 bits per heavy atom. The fraction of sp³-hybridized carbons (Fsp3) is 1.00. The molecule has 0 radical (unpaired) electrons. The van der Waals surface area contributed by atoms with Gasteiger partial charge in [-0.15, -0.1) is 0 Å². The topological polar surface area (TPSA) is 37.4 Å². The first-order valence-corrected chi connectivity index (χ1v) is 6.82. The highest BCUT2D eigenvalue weighted by Crippen LogP contribution is 2.54. The molecule has 0 aliphatic carbocycles. The van der Waals surface area contributed by atoms with E-state index in [0.717, 1.165) is 0 Å². The molecule has 2 saturated heterocycles. The molecule has 3 nitrogen and oxygen atoms in total. The van der Waals surface area contributed by atoms with E-state index in [0.29, 0.717) is 0 Å². The second-order valence-electron chi connectivity index (χ2n) is 5.09. The molecule has 2 rings (SSSR count). The highest BCUT2D eigenvalue weighted by Gasteiger charge is 2.73. The van der Waals surface area contributed by atoms with Gasteiger partial charge in [-0.05, 0) is 13.8 Å². The Morgan fingerprint density at radius 3 is 2.12 bits per heavy atom. The van der Waals surface area contributed by atoms with Gasteiger partial charge in [-0.3, -0.25) is 4.90 Å². The Balaban J connectivity index is 2.16. The van der Waals surface area contributed by atoms with Crippen molar-refractivity contribution in [2.45, 2.75) is 31.3 Å². The maximum absolute atomic E-state index is 12.6. The van der Waals surface area contributed by atoms with Crippen LogP contribution in [0.15, 0.2) is 0 Å². The summed E-state index contributed by atoms with van der Waals surface area (Å²) in [4.78, 5) is 1.87. The number of sulfone groups is 1. The smallest absolute Gasteiger partial charge is 0.300 e. The molecule has 0 saturated carbocycles. The van der Waals surface area contributed by atoms with Crippen LogP contribution in [0.1, 0.15) is 13.8 Å².